The molecule has 1 aromatic carbocycles. The van der Waals surface area contributed by atoms with Gasteiger partial charge in [0.15, 0.2) is 0 Å². The molecule has 0 spiro atoms. The van der Waals surface area contributed by atoms with Gasteiger partial charge in [-0.2, -0.15) is 0 Å². The lowest BCUT2D eigenvalue weighted by Gasteiger charge is -2.03. The molecule has 0 bridgehead atoms. The van der Waals surface area contributed by atoms with Crippen molar-refractivity contribution in [1.82, 2.24) is 0 Å². The van der Waals surface area contributed by atoms with E-state index in [9.17, 15) is 0 Å². The van der Waals surface area contributed by atoms with Crippen LogP contribution in [0.1, 0.15) is 17.2 Å². The second-order valence-corrected chi connectivity index (χ2v) is 3.46. The van der Waals surface area contributed by atoms with Gasteiger partial charge in [-0.3, -0.25) is 0 Å². The van der Waals surface area contributed by atoms with E-state index in [2.05, 4.69) is 0 Å². The molecule has 2 N–H and O–H groups in total. The number of ether oxygens (including phenoxy) is 1. The van der Waals surface area contributed by atoms with Crippen molar-refractivity contribution in [2.75, 3.05) is 6.61 Å². The normalized spacial score (nSPS) is 20.4. The maximum Gasteiger partial charge on any atom is 0.124 e. The molecule has 2 nitrogen and oxygen atoms in total. The highest BCUT2D eigenvalue weighted by Gasteiger charge is 2.21. The van der Waals surface area contributed by atoms with E-state index < -0.39 is 0 Å². The van der Waals surface area contributed by atoms with Crippen LogP contribution in [0.3, 0.4) is 0 Å². The Kier molecular flexibility index (Phi) is 1.74. The summed E-state index contributed by atoms with van der Waals surface area (Å²) in [5, 5.41) is 0.759. The lowest BCUT2D eigenvalue weighted by molar-refractivity contribution is 0.333. The van der Waals surface area contributed by atoms with Crippen molar-refractivity contribution in [3.8, 4) is 5.75 Å². The number of halogens is 1. The van der Waals surface area contributed by atoms with Crippen molar-refractivity contribution in [1.29, 1.82) is 0 Å². The fourth-order valence-corrected chi connectivity index (χ4v) is 1.53. The van der Waals surface area contributed by atoms with Crippen LogP contribution in [-0.4, -0.2) is 6.61 Å². The second kappa shape index (κ2) is 2.64. The van der Waals surface area contributed by atoms with Gasteiger partial charge in [0.1, 0.15) is 12.4 Å². The molecule has 2 rings (SSSR count). The summed E-state index contributed by atoms with van der Waals surface area (Å²) in [6.07, 6.45) is 0. The van der Waals surface area contributed by atoms with Crippen LogP contribution in [0.5, 0.6) is 5.75 Å². The molecular formula is C9H10ClNO. The summed E-state index contributed by atoms with van der Waals surface area (Å²) < 4.78 is 5.36. The molecule has 0 saturated heterocycles. The first-order chi connectivity index (χ1) is 5.68. The van der Waals surface area contributed by atoms with Crippen LogP contribution in [0.25, 0.3) is 0 Å². The molecule has 1 atom stereocenters. The lowest BCUT2D eigenvalue weighted by atomic mass is 10.1. The molecule has 0 fully saturated rings. The van der Waals surface area contributed by atoms with Crippen molar-refractivity contribution in [2.45, 2.75) is 13.0 Å². The zero-order chi connectivity index (χ0) is 8.72. The van der Waals surface area contributed by atoms with Crippen molar-refractivity contribution in [2.24, 2.45) is 5.73 Å². The number of rotatable bonds is 0. The first-order valence-corrected chi connectivity index (χ1v) is 4.24. The molecule has 0 saturated carbocycles. The van der Waals surface area contributed by atoms with E-state index in [1.165, 1.54) is 0 Å². The minimum absolute atomic E-state index is 0.0156. The third-order valence-electron chi connectivity index (χ3n) is 2.11. The van der Waals surface area contributed by atoms with E-state index in [1.54, 1.807) is 0 Å². The molecule has 1 aliphatic heterocycles. The zero-order valence-electron chi connectivity index (χ0n) is 6.80. The molecule has 1 aromatic rings. The van der Waals surface area contributed by atoms with Crippen LogP contribution >= 0.6 is 11.6 Å². The van der Waals surface area contributed by atoms with E-state index in [0.29, 0.717) is 6.61 Å². The van der Waals surface area contributed by atoms with Crippen LogP contribution in [0.2, 0.25) is 5.02 Å². The Balaban J connectivity index is 2.56. The Morgan fingerprint density at radius 3 is 3.08 bits per heavy atom. The predicted octanol–water partition coefficient (Wildman–Crippen LogP) is 2.04. The molecule has 64 valence electrons. The fourth-order valence-electron chi connectivity index (χ4n) is 1.35. The smallest absolute Gasteiger partial charge is 0.124 e. The largest absolute Gasteiger partial charge is 0.491 e. The second-order valence-electron chi connectivity index (χ2n) is 3.06. The third-order valence-corrected chi connectivity index (χ3v) is 2.52. The summed E-state index contributed by atoms with van der Waals surface area (Å²) in [6, 6.07) is 3.81. The van der Waals surface area contributed by atoms with Gasteiger partial charge < -0.3 is 10.5 Å². The number of benzene rings is 1. The number of nitrogens with two attached hydrogens (primary N) is 1. The fraction of sp³-hybridized carbons (Fsp3) is 0.333. The number of aryl methyl sites for hydroxylation is 1. The highest BCUT2D eigenvalue weighted by atomic mass is 35.5. The topological polar surface area (TPSA) is 35.2 Å². The molecule has 0 aliphatic carbocycles. The summed E-state index contributed by atoms with van der Waals surface area (Å²) in [7, 11) is 0. The Labute approximate surface area is 76.3 Å². The Morgan fingerprint density at radius 1 is 1.58 bits per heavy atom. The summed E-state index contributed by atoms with van der Waals surface area (Å²) >= 11 is 5.95. The molecule has 0 aromatic heterocycles. The first kappa shape index (κ1) is 7.90. The monoisotopic (exact) mass is 183 g/mol. The quantitative estimate of drug-likeness (QED) is 0.668. The van der Waals surface area contributed by atoms with E-state index in [-0.39, 0.29) is 6.04 Å². The first-order valence-electron chi connectivity index (χ1n) is 3.87. The average Bonchev–Trinajstić information content (AvgIpc) is 2.35. The standard InChI is InChI=1S/C9H10ClNO/c1-5-2-9-6(3-7(5)10)8(11)4-12-9/h2-3,8H,4,11H2,1H3/t8-/m0/s1. The number of fused-ring (bicyclic) bond motifs is 1. The molecule has 0 unspecified atom stereocenters. The Hall–Kier alpha value is -0.730. The minimum Gasteiger partial charge on any atom is -0.491 e. The third kappa shape index (κ3) is 1.08. The lowest BCUT2D eigenvalue weighted by Crippen LogP contribution is -2.10. The average molecular weight is 184 g/mol. The van der Waals surface area contributed by atoms with Gasteiger partial charge in [-0.05, 0) is 24.6 Å². The van der Waals surface area contributed by atoms with Crippen LogP contribution < -0.4 is 10.5 Å². The van der Waals surface area contributed by atoms with Gasteiger partial charge in [0.05, 0.1) is 6.04 Å². The summed E-state index contributed by atoms with van der Waals surface area (Å²) in [5.74, 6) is 0.879. The van der Waals surface area contributed by atoms with E-state index in [4.69, 9.17) is 22.1 Å². The van der Waals surface area contributed by atoms with Gasteiger partial charge in [-0.25, -0.2) is 0 Å². The van der Waals surface area contributed by atoms with Crippen LogP contribution in [0, 0.1) is 6.92 Å². The van der Waals surface area contributed by atoms with Gasteiger partial charge in [0.2, 0.25) is 0 Å². The van der Waals surface area contributed by atoms with Crippen molar-refractivity contribution >= 4 is 11.6 Å². The summed E-state index contributed by atoms with van der Waals surface area (Å²) in [4.78, 5) is 0. The maximum atomic E-state index is 5.95. The molecular weight excluding hydrogens is 174 g/mol. The highest BCUT2D eigenvalue weighted by Crippen LogP contribution is 2.34. The van der Waals surface area contributed by atoms with Crippen molar-refractivity contribution in [3.05, 3.63) is 28.3 Å². The van der Waals surface area contributed by atoms with Crippen molar-refractivity contribution in [3.63, 3.8) is 0 Å². The molecule has 1 aliphatic rings. The minimum atomic E-state index is -0.0156. The highest BCUT2D eigenvalue weighted by molar-refractivity contribution is 6.31. The number of hydrogen-bond acceptors (Lipinski definition) is 2. The van der Waals surface area contributed by atoms with Crippen LogP contribution in [0.4, 0.5) is 0 Å². The van der Waals surface area contributed by atoms with Gasteiger partial charge in [-0.1, -0.05) is 11.6 Å². The molecule has 3 heteroatoms. The molecule has 1 heterocycles. The van der Waals surface area contributed by atoms with E-state index in [0.717, 1.165) is 21.9 Å². The molecule has 12 heavy (non-hydrogen) atoms. The Bertz CT molecular complexity index is 325. The van der Waals surface area contributed by atoms with E-state index >= 15 is 0 Å². The van der Waals surface area contributed by atoms with Gasteiger partial charge >= 0.3 is 0 Å². The Morgan fingerprint density at radius 2 is 2.33 bits per heavy atom. The van der Waals surface area contributed by atoms with Gasteiger partial charge in [0, 0.05) is 10.6 Å². The predicted molar refractivity (Wildman–Crippen MR) is 48.6 cm³/mol. The zero-order valence-corrected chi connectivity index (χ0v) is 7.56. The summed E-state index contributed by atoms with van der Waals surface area (Å²) in [6.45, 7) is 2.52. The number of hydrogen-bond donors (Lipinski definition) is 1. The molecule has 0 radical (unpaired) electrons. The van der Waals surface area contributed by atoms with E-state index in [1.807, 2.05) is 19.1 Å². The van der Waals surface area contributed by atoms with Gasteiger partial charge in [0.25, 0.3) is 0 Å². The van der Waals surface area contributed by atoms with Gasteiger partial charge in [-0.15, -0.1) is 0 Å². The van der Waals surface area contributed by atoms with Crippen LogP contribution in [-0.2, 0) is 0 Å². The maximum absolute atomic E-state index is 5.95. The SMILES string of the molecule is Cc1cc2c(cc1Cl)[C@@H](N)CO2. The summed E-state index contributed by atoms with van der Waals surface area (Å²) in [5.41, 5.74) is 7.83. The van der Waals surface area contributed by atoms with Crippen LogP contribution in [0.15, 0.2) is 12.1 Å². The van der Waals surface area contributed by atoms with Crippen molar-refractivity contribution < 1.29 is 4.74 Å². The molecule has 0 amide bonds.